The van der Waals surface area contributed by atoms with Crippen molar-refractivity contribution in [2.24, 2.45) is 10.8 Å². The van der Waals surface area contributed by atoms with Gasteiger partial charge in [-0.15, -0.1) is 5.10 Å². The summed E-state index contributed by atoms with van der Waals surface area (Å²) in [4.78, 5) is 166. The van der Waals surface area contributed by atoms with E-state index in [1.165, 1.54) is 14.5 Å². The molecule has 31 nitrogen and oxygen atoms in total. The van der Waals surface area contributed by atoms with Crippen LogP contribution in [0.1, 0.15) is 120 Å². The van der Waals surface area contributed by atoms with E-state index in [-0.39, 0.29) is 71.4 Å². The second-order valence-electron chi connectivity index (χ2n) is 32.0. The number of aliphatic carboxylic acids is 2. The number of carboxylic acids is 2. The first kappa shape index (κ1) is 83.8. The van der Waals surface area contributed by atoms with Crippen LogP contribution in [0.5, 0.6) is 11.5 Å². The molecule has 9 amide bonds. The molecule has 12 bridgehead atoms. The average Bonchev–Trinajstić information content (AvgIpc) is 1.65. The molecule has 8 heterocycles. The zero-order valence-corrected chi connectivity index (χ0v) is 66.2. The molecule has 2 aromatic heterocycles. The number of rotatable bonds is 17. The number of carboxylic acid groups (broad SMARTS) is 2. The van der Waals surface area contributed by atoms with Crippen LogP contribution >= 0.6 is 0 Å². The predicted octanol–water partition coefficient (Wildman–Crippen LogP) is 4.40. The van der Waals surface area contributed by atoms with E-state index in [0.717, 1.165) is 21.5 Å². The van der Waals surface area contributed by atoms with Gasteiger partial charge in [0, 0.05) is 57.9 Å². The van der Waals surface area contributed by atoms with Gasteiger partial charge in [0.2, 0.25) is 53.2 Å². The van der Waals surface area contributed by atoms with Crippen molar-refractivity contribution >= 4 is 86.6 Å². The Hall–Kier alpha value is -12.1. The SMILES string of the molecule is CN[C@@H](C)C(=O)N[C@H](C(=O)N1C[C@@H]2C[C@H]1C(=O)N[C@@H](Cc1ccc3ccccc3c1)C(=O)N[C@H](C(=O)O)Cc1ccc(cc1)OCc1cn(cn1)[C@H]1C[C@@H](C(=O)N[C@@H](Cc3ccc4ccccc4c3)C(=O)N[C@H](C(=O)NCCC(=O)O)Cc3ccc(cc3)OCc3cn2nn3)N(C(=O)[C@@H](NC(=O)[C@H](C)NC)C(C)(C)C)C1)C(C)(C)C. The number of nitrogens with zero attached hydrogens (tertiary/aromatic N) is 7. The van der Waals surface area contributed by atoms with Crippen LogP contribution in [0.15, 0.2) is 152 Å². The lowest BCUT2D eigenvalue weighted by Crippen LogP contribution is -2.61. The highest BCUT2D eigenvalue weighted by atomic mass is 16.5. The molecule has 608 valence electrons. The van der Waals surface area contributed by atoms with Crippen molar-refractivity contribution in [2.45, 2.75) is 186 Å². The lowest BCUT2D eigenvalue weighted by molar-refractivity contribution is -0.145. The summed E-state index contributed by atoms with van der Waals surface area (Å²) < 4.78 is 15.7. The van der Waals surface area contributed by atoms with Gasteiger partial charge in [-0.2, -0.15) is 0 Å². The number of hydrogen-bond donors (Lipinski definition) is 11. The zero-order chi connectivity index (χ0) is 82.6. The van der Waals surface area contributed by atoms with Crippen LogP contribution in [0.25, 0.3) is 21.5 Å². The van der Waals surface area contributed by atoms with Crippen molar-refractivity contribution in [1.29, 1.82) is 0 Å². The van der Waals surface area contributed by atoms with E-state index in [1.54, 1.807) is 141 Å². The maximum Gasteiger partial charge on any atom is 0.326 e. The van der Waals surface area contributed by atoms with Gasteiger partial charge in [-0.3, -0.25) is 47.9 Å². The van der Waals surface area contributed by atoms with Gasteiger partial charge in [-0.25, -0.2) is 14.5 Å². The smallest absolute Gasteiger partial charge is 0.326 e. The summed E-state index contributed by atoms with van der Waals surface area (Å²) in [5.74, 6) is -7.69. The first-order valence-corrected chi connectivity index (χ1v) is 38.6. The summed E-state index contributed by atoms with van der Waals surface area (Å²) in [7, 11) is 3.22. The molecule has 31 heteroatoms. The van der Waals surface area contributed by atoms with Gasteiger partial charge >= 0.3 is 11.9 Å². The molecule has 0 radical (unpaired) electrons. The summed E-state index contributed by atoms with van der Waals surface area (Å²) in [5.41, 5.74) is 1.28. The number of imidazole rings is 1. The van der Waals surface area contributed by atoms with Crippen molar-refractivity contribution in [3.63, 3.8) is 0 Å². The summed E-state index contributed by atoms with van der Waals surface area (Å²) in [6.45, 7) is 13.4. The van der Waals surface area contributed by atoms with Gasteiger partial charge in [-0.1, -0.05) is 156 Å². The lowest BCUT2D eigenvalue weighted by atomic mass is 9.85. The number of amides is 9. The number of ether oxygens (including phenoxy) is 2. The minimum Gasteiger partial charge on any atom is -0.487 e. The van der Waals surface area contributed by atoms with Crippen LogP contribution < -0.4 is 57.3 Å². The minimum absolute atomic E-state index is 0.00401. The number of likely N-dealkylation sites (tertiary alicyclic amines) is 2. The topological polar surface area (TPSA) is 410 Å². The predicted molar refractivity (Wildman–Crippen MR) is 425 cm³/mol. The van der Waals surface area contributed by atoms with Crippen LogP contribution in [-0.2, 0) is 91.6 Å². The quantitative estimate of drug-likeness (QED) is 0.0602. The molecule has 12 atom stereocenters. The summed E-state index contributed by atoms with van der Waals surface area (Å²) in [6, 6.07) is 26.3. The van der Waals surface area contributed by atoms with Crippen LogP contribution in [0.4, 0.5) is 0 Å². The molecule has 6 aliphatic heterocycles. The molecule has 2 fully saturated rings. The lowest BCUT2D eigenvalue weighted by Gasteiger charge is -2.36. The van der Waals surface area contributed by atoms with Crippen LogP contribution in [-0.4, -0.2) is 204 Å². The largest absolute Gasteiger partial charge is 0.487 e. The molecule has 0 saturated carbocycles. The molecule has 0 aliphatic carbocycles. The van der Waals surface area contributed by atoms with Gasteiger partial charge in [0.1, 0.15) is 78.7 Å². The number of hydrogen-bond acceptors (Lipinski definition) is 18. The molecule has 2 saturated heterocycles. The van der Waals surface area contributed by atoms with E-state index >= 15 is 24.0 Å². The van der Waals surface area contributed by atoms with Crippen LogP contribution in [0, 0.1) is 10.8 Å². The molecule has 6 aliphatic rings. The summed E-state index contributed by atoms with van der Waals surface area (Å²) >= 11 is 0. The fraction of sp³-hybridized carbons (Fsp3) is 0.429. The van der Waals surface area contributed by atoms with Gasteiger partial charge in [0.25, 0.3) is 0 Å². The number of benzene rings is 6. The van der Waals surface area contributed by atoms with Gasteiger partial charge in [-0.05, 0) is 113 Å². The summed E-state index contributed by atoms with van der Waals surface area (Å²) in [6.07, 6.45) is 3.85. The Morgan fingerprint density at radius 2 is 1.00 bits per heavy atom. The van der Waals surface area contributed by atoms with Gasteiger partial charge < -0.3 is 81.9 Å². The third-order valence-corrected chi connectivity index (χ3v) is 21.3. The number of likely N-dealkylation sites (N-methyl/N-ethyl adjacent to an activating group) is 2. The van der Waals surface area contributed by atoms with E-state index in [2.05, 4.69) is 63.1 Å². The Morgan fingerprint density at radius 1 is 0.548 bits per heavy atom. The fourth-order valence-electron chi connectivity index (χ4n) is 14.4. The number of carbonyl (C=O) groups excluding carboxylic acids is 9. The van der Waals surface area contributed by atoms with Crippen molar-refractivity contribution < 1.29 is 72.4 Å². The second-order valence-corrected chi connectivity index (χ2v) is 32.0. The molecule has 0 spiro atoms. The Bertz CT molecular complexity index is 4880. The minimum atomic E-state index is -1.52. The highest BCUT2D eigenvalue weighted by Crippen LogP contribution is 2.35. The average molecular weight is 1580 g/mol. The molecular weight excluding hydrogens is 1470 g/mol. The van der Waals surface area contributed by atoms with Crippen molar-refractivity contribution in [2.75, 3.05) is 33.7 Å². The number of fused-ring (bicyclic) bond motifs is 2. The van der Waals surface area contributed by atoms with E-state index in [4.69, 9.17) is 9.47 Å². The highest BCUT2D eigenvalue weighted by molar-refractivity contribution is 5.99. The molecular formula is C84H102N16O15. The standard InChI is InChI=1S/C84H102N16O15/c1-48(85-9)73(103)93-71(83(3,4)5)80(110)98-43-60-39-68(98)78(108)90-65(37-52-19-25-54-15-11-13-17-56(54)33-52)76(106)89-64(75(105)87-32-31-70(101)102)35-50-21-27-63(28-22-50)115-46-59-42-100(96-95-59)61-40-69(99(44-61)81(111)72(84(6,7)8)94-74(104)49(2)86-10)79(109)91-66(38-53-20-26-55-16-12-14-18-57(55)34-53)77(107)92-67(82(112)113)36-51-23-29-62(30-24-51)114-45-58-41-97(60)47-88-58/h11-30,33-34,41-42,47-49,60-61,64-69,71-72,85-86H,31-32,35-40,43-46H2,1-10H3,(H,87,105)(H,89,106)(H,90,108)(H,91,109)(H,92,107)(H,93,103)(H,94,104)(H,101,102)(H,112,113)/t48-,49-,60-,61-,64-,65-,66-,67-,68-,69-,71+,72+/m0/s1. The first-order valence-electron chi connectivity index (χ1n) is 38.6. The van der Waals surface area contributed by atoms with Gasteiger partial charge in [0.15, 0.2) is 0 Å². The molecule has 0 unspecified atom stereocenters. The maximum atomic E-state index is 15.5. The Labute approximate surface area is 666 Å². The third kappa shape index (κ3) is 21.4. The summed E-state index contributed by atoms with van der Waals surface area (Å²) in [5, 5.41) is 58.5. The molecule has 8 aromatic rings. The van der Waals surface area contributed by atoms with E-state index in [0.29, 0.717) is 45.1 Å². The molecule has 14 rings (SSSR count). The van der Waals surface area contributed by atoms with E-state index in [9.17, 15) is 39.0 Å². The first-order chi connectivity index (χ1) is 54.8. The van der Waals surface area contributed by atoms with E-state index < -0.39 is 155 Å². The highest BCUT2D eigenvalue weighted by Gasteiger charge is 2.49. The Kier molecular flexibility index (Phi) is 26.8. The van der Waals surface area contributed by atoms with Gasteiger partial charge in [0.05, 0.1) is 48.8 Å². The molecule has 11 N–H and O–H groups in total. The zero-order valence-electron chi connectivity index (χ0n) is 66.2. The van der Waals surface area contributed by atoms with Crippen LogP contribution in [0.3, 0.4) is 0 Å². The van der Waals surface area contributed by atoms with Crippen molar-refractivity contribution in [3.8, 4) is 11.5 Å². The number of aromatic nitrogens is 5. The number of nitrogens with one attached hydrogen (secondary N) is 9. The van der Waals surface area contributed by atoms with Crippen molar-refractivity contribution in [1.82, 2.24) is 82.2 Å². The Morgan fingerprint density at radius 3 is 1.47 bits per heavy atom. The number of carbonyl (C=O) groups is 11. The molecule has 6 aromatic carbocycles. The second kappa shape index (κ2) is 36.8. The fourth-order valence-corrected chi connectivity index (χ4v) is 14.4. The monoisotopic (exact) mass is 1570 g/mol. The van der Waals surface area contributed by atoms with Crippen molar-refractivity contribution in [3.05, 3.63) is 186 Å². The molecule has 115 heavy (non-hydrogen) atoms. The van der Waals surface area contributed by atoms with E-state index in [1.807, 2.05) is 84.9 Å². The van der Waals surface area contributed by atoms with Crippen LogP contribution in [0.2, 0.25) is 0 Å². The Balaban J connectivity index is 0.941. The third-order valence-electron chi connectivity index (χ3n) is 21.3. The maximum absolute atomic E-state index is 15.5. The normalized spacial score (nSPS) is 21.2.